The van der Waals surface area contributed by atoms with Crippen LogP contribution in [0.1, 0.15) is 12.8 Å². The first kappa shape index (κ1) is 15.5. The average Bonchev–Trinajstić information content (AvgIpc) is 2.92. The Hall–Kier alpha value is -0.890. The second-order valence-electron chi connectivity index (χ2n) is 4.89. The maximum Gasteiger partial charge on any atom is 0.266 e. The monoisotopic (exact) mass is 319 g/mol. The molecule has 20 heavy (non-hydrogen) atoms. The van der Waals surface area contributed by atoms with Crippen LogP contribution in [0.5, 0.6) is 0 Å². The molecule has 0 bridgehead atoms. The van der Waals surface area contributed by atoms with Crippen molar-refractivity contribution in [2.45, 2.75) is 17.7 Å². The van der Waals surface area contributed by atoms with Crippen LogP contribution in [0.3, 0.4) is 0 Å². The topological polar surface area (TPSA) is 73.5 Å². The highest BCUT2D eigenvalue weighted by atomic mass is 35.5. The summed E-state index contributed by atoms with van der Waals surface area (Å²) in [6.45, 7) is 3.18. The van der Waals surface area contributed by atoms with Crippen LogP contribution in [0.4, 0.5) is 0 Å². The molecular weight excluding hydrogens is 302 g/mol. The van der Waals surface area contributed by atoms with Crippen molar-refractivity contribution >= 4 is 21.6 Å². The Bertz CT molecular complexity index is 623. The molecule has 1 N–H and O–H groups in total. The largest absolute Gasteiger partial charge is 0.326 e. The smallest absolute Gasteiger partial charge is 0.266 e. The molecule has 1 fully saturated rings. The van der Waals surface area contributed by atoms with Crippen LogP contribution in [-0.4, -0.2) is 55.8 Å². The minimum atomic E-state index is -3.62. The van der Waals surface area contributed by atoms with Crippen molar-refractivity contribution < 1.29 is 8.42 Å². The number of sulfonamides is 1. The molecule has 1 aliphatic rings. The van der Waals surface area contributed by atoms with E-state index >= 15 is 0 Å². The number of hydrogen-bond acceptors (Lipinski definition) is 4. The zero-order valence-electron chi connectivity index (χ0n) is 11.3. The summed E-state index contributed by atoms with van der Waals surface area (Å²) < 4.78 is 25.9. The van der Waals surface area contributed by atoms with Crippen molar-refractivity contribution in [3.05, 3.63) is 27.6 Å². The van der Waals surface area contributed by atoms with Crippen molar-refractivity contribution in [1.29, 1.82) is 0 Å². The van der Waals surface area contributed by atoms with Gasteiger partial charge in [-0.2, -0.15) is 4.31 Å². The first-order chi connectivity index (χ1) is 9.41. The predicted octanol–water partition coefficient (Wildman–Crippen LogP) is 0.745. The highest BCUT2D eigenvalue weighted by Crippen LogP contribution is 2.15. The lowest BCUT2D eigenvalue weighted by Crippen LogP contribution is -2.35. The molecule has 112 valence electrons. The molecule has 0 unspecified atom stereocenters. The molecule has 6 nitrogen and oxygen atoms in total. The fourth-order valence-electron chi connectivity index (χ4n) is 2.18. The third-order valence-electron chi connectivity index (χ3n) is 3.47. The lowest BCUT2D eigenvalue weighted by Gasteiger charge is -2.21. The molecule has 2 rings (SSSR count). The van der Waals surface area contributed by atoms with Crippen LogP contribution in [-0.2, 0) is 10.0 Å². The van der Waals surface area contributed by atoms with E-state index in [-0.39, 0.29) is 9.92 Å². The first-order valence-electron chi connectivity index (χ1n) is 6.48. The second kappa shape index (κ2) is 6.26. The number of nitrogens with one attached hydrogen (secondary N) is 1. The van der Waals surface area contributed by atoms with E-state index in [2.05, 4.69) is 9.88 Å². The molecule has 2 heterocycles. The van der Waals surface area contributed by atoms with Crippen molar-refractivity contribution in [2.24, 2.45) is 0 Å². The average molecular weight is 320 g/mol. The van der Waals surface area contributed by atoms with Gasteiger partial charge in [-0.05, 0) is 32.0 Å². The standard InChI is InChI=1S/C12H18ClN3O3S/c1-15(6-7-16-4-2-3-5-16)20(18,19)10-8-11(13)12(17)14-9-10/h8-9H,2-7H2,1H3,(H,14,17). The van der Waals surface area contributed by atoms with Gasteiger partial charge in [-0.15, -0.1) is 0 Å². The Morgan fingerprint density at radius 3 is 2.65 bits per heavy atom. The molecule has 0 spiro atoms. The van der Waals surface area contributed by atoms with Gasteiger partial charge < -0.3 is 9.88 Å². The van der Waals surface area contributed by atoms with Gasteiger partial charge in [0.05, 0.1) is 4.90 Å². The van der Waals surface area contributed by atoms with Gasteiger partial charge in [0.25, 0.3) is 5.56 Å². The van der Waals surface area contributed by atoms with E-state index in [1.165, 1.54) is 36.5 Å². The third kappa shape index (κ3) is 3.41. The lowest BCUT2D eigenvalue weighted by atomic mass is 10.4. The molecule has 1 aromatic heterocycles. The molecule has 0 amide bonds. The molecule has 0 aromatic carbocycles. The molecule has 8 heteroatoms. The van der Waals surface area contributed by atoms with Crippen LogP contribution in [0.25, 0.3) is 0 Å². The number of hydrogen-bond donors (Lipinski definition) is 1. The van der Waals surface area contributed by atoms with Gasteiger partial charge in [0.2, 0.25) is 10.0 Å². The van der Waals surface area contributed by atoms with Gasteiger partial charge in [-0.25, -0.2) is 8.42 Å². The van der Waals surface area contributed by atoms with E-state index < -0.39 is 15.6 Å². The van der Waals surface area contributed by atoms with Gasteiger partial charge in [0, 0.05) is 26.3 Å². The van der Waals surface area contributed by atoms with E-state index in [4.69, 9.17) is 11.6 Å². The summed E-state index contributed by atoms with van der Waals surface area (Å²) in [7, 11) is -2.09. The van der Waals surface area contributed by atoms with Gasteiger partial charge in [0.1, 0.15) is 5.02 Å². The van der Waals surface area contributed by atoms with E-state index in [9.17, 15) is 13.2 Å². The summed E-state index contributed by atoms with van der Waals surface area (Å²) in [6, 6.07) is 1.18. The van der Waals surface area contributed by atoms with E-state index in [0.717, 1.165) is 13.1 Å². The highest BCUT2D eigenvalue weighted by molar-refractivity contribution is 7.89. The Balaban J connectivity index is 2.07. The van der Waals surface area contributed by atoms with Crippen molar-refractivity contribution in [2.75, 3.05) is 33.2 Å². The molecule has 1 aliphatic heterocycles. The summed E-state index contributed by atoms with van der Waals surface area (Å²) in [5.74, 6) is 0. The summed E-state index contributed by atoms with van der Waals surface area (Å²) in [4.78, 5) is 15.7. The molecule has 0 aliphatic carbocycles. The maximum atomic E-state index is 12.3. The fraction of sp³-hybridized carbons (Fsp3) is 0.583. The Morgan fingerprint density at radius 2 is 2.05 bits per heavy atom. The van der Waals surface area contributed by atoms with Crippen molar-refractivity contribution in [3.8, 4) is 0 Å². The van der Waals surface area contributed by atoms with E-state index in [1.807, 2.05) is 0 Å². The predicted molar refractivity (Wildman–Crippen MR) is 77.6 cm³/mol. The SMILES string of the molecule is CN(CCN1CCCC1)S(=O)(=O)c1c[nH]c(=O)c(Cl)c1. The number of aromatic nitrogens is 1. The summed E-state index contributed by atoms with van der Waals surface area (Å²) in [5.41, 5.74) is -0.495. The van der Waals surface area contributed by atoms with Crippen LogP contribution in [0.15, 0.2) is 22.0 Å². The van der Waals surface area contributed by atoms with Gasteiger partial charge in [-0.1, -0.05) is 11.6 Å². The zero-order chi connectivity index (χ0) is 14.8. The quantitative estimate of drug-likeness (QED) is 0.869. The Kier molecular flexibility index (Phi) is 4.85. The number of aromatic amines is 1. The highest BCUT2D eigenvalue weighted by Gasteiger charge is 2.23. The summed E-state index contributed by atoms with van der Waals surface area (Å²) >= 11 is 5.67. The summed E-state index contributed by atoms with van der Waals surface area (Å²) in [5, 5.41) is -0.126. The minimum absolute atomic E-state index is 0.00558. The van der Waals surface area contributed by atoms with Crippen LogP contribution in [0, 0.1) is 0 Å². The molecule has 1 saturated heterocycles. The number of halogens is 1. The van der Waals surface area contributed by atoms with Crippen LogP contribution >= 0.6 is 11.6 Å². The van der Waals surface area contributed by atoms with Gasteiger partial charge in [-0.3, -0.25) is 4.79 Å². The minimum Gasteiger partial charge on any atom is -0.326 e. The van der Waals surface area contributed by atoms with Crippen LogP contribution in [0.2, 0.25) is 5.02 Å². The van der Waals surface area contributed by atoms with E-state index in [1.54, 1.807) is 0 Å². The maximum absolute atomic E-state index is 12.3. The number of pyridine rings is 1. The first-order valence-corrected chi connectivity index (χ1v) is 8.30. The Morgan fingerprint density at radius 1 is 1.40 bits per heavy atom. The third-order valence-corrected chi connectivity index (χ3v) is 5.58. The lowest BCUT2D eigenvalue weighted by molar-refractivity contribution is 0.310. The molecular formula is C12H18ClN3O3S. The van der Waals surface area contributed by atoms with Gasteiger partial charge >= 0.3 is 0 Å². The molecule has 0 radical (unpaired) electrons. The molecule has 0 saturated carbocycles. The van der Waals surface area contributed by atoms with E-state index in [0.29, 0.717) is 13.1 Å². The number of likely N-dealkylation sites (N-methyl/N-ethyl adjacent to an activating group) is 1. The summed E-state index contributed by atoms with van der Waals surface area (Å²) in [6.07, 6.45) is 3.52. The fourth-order valence-corrected chi connectivity index (χ4v) is 3.57. The number of nitrogens with zero attached hydrogens (tertiary/aromatic N) is 2. The number of likely N-dealkylation sites (tertiary alicyclic amines) is 1. The van der Waals surface area contributed by atoms with Gasteiger partial charge in [0.15, 0.2) is 0 Å². The zero-order valence-corrected chi connectivity index (χ0v) is 12.9. The normalized spacial score (nSPS) is 16.9. The second-order valence-corrected chi connectivity index (χ2v) is 7.34. The number of rotatable bonds is 5. The molecule has 0 atom stereocenters. The Labute approximate surface area is 123 Å². The molecule has 1 aromatic rings. The van der Waals surface area contributed by atoms with Crippen molar-refractivity contribution in [3.63, 3.8) is 0 Å². The van der Waals surface area contributed by atoms with Crippen molar-refractivity contribution in [1.82, 2.24) is 14.2 Å². The van der Waals surface area contributed by atoms with Crippen LogP contribution < -0.4 is 5.56 Å². The number of H-pyrrole nitrogens is 1.